The maximum atomic E-state index is 10.6. The summed E-state index contributed by atoms with van der Waals surface area (Å²) in [5.74, 6) is 3.85. The largest absolute Gasteiger partial charge is 0.393 e. The van der Waals surface area contributed by atoms with Crippen molar-refractivity contribution >= 4 is 0 Å². The van der Waals surface area contributed by atoms with Gasteiger partial charge in [0.05, 0.1) is 6.10 Å². The lowest BCUT2D eigenvalue weighted by Gasteiger charge is -2.61. The molecule has 1 heteroatoms. The van der Waals surface area contributed by atoms with Gasteiger partial charge in [-0.05, 0) is 110 Å². The summed E-state index contributed by atoms with van der Waals surface area (Å²) in [6.07, 6.45) is 5.97. The smallest absolute Gasteiger partial charge is 0.0543 e. The Morgan fingerprint density at radius 3 is 2.43 bits per heavy atom. The normalized spacial score (nSPS) is 55.1. The van der Waals surface area contributed by atoms with Crippen molar-refractivity contribution in [3.05, 3.63) is 0 Å². The van der Waals surface area contributed by atoms with Crippen molar-refractivity contribution in [1.82, 2.24) is 0 Å². The maximum Gasteiger partial charge on any atom is 0.0543 e. The van der Waals surface area contributed by atoms with Gasteiger partial charge in [0.25, 0.3) is 0 Å². The molecule has 9 atom stereocenters. The molecule has 0 aromatic heterocycles. The highest BCUT2D eigenvalue weighted by Crippen LogP contribution is 2.68. The van der Waals surface area contributed by atoms with E-state index in [1.54, 1.807) is 0 Å². The van der Waals surface area contributed by atoms with E-state index >= 15 is 0 Å². The van der Waals surface area contributed by atoms with Gasteiger partial charge in [0.15, 0.2) is 0 Å². The molecule has 0 aromatic carbocycles. The molecular formula is C27H48O. The molecule has 4 aliphatic carbocycles. The Labute approximate surface area is 181 Å². The zero-order chi connectivity index (χ0) is 23.7. The van der Waals surface area contributed by atoms with Crippen LogP contribution in [-0.2, 0) is 0 Å². The van der Waals surface area contributed by atoms with E-state index in [-0.39, 0.29) is 11.3 Å². The zero-order valence-electron chi connectivity index (χ0n) is 23.1. The Bertz CT molecular complexity index is 693. The highest BCUT2D eigenvalue weighted by atomic mass is 16.3. The number of aliphatic hydroxyl groups is 1. The van der Waals surface area contributed by atoms with Crippen LogP contribution in [0.15, 0.2) is 0 Å². The summed E-state index contributed by atoms with van der Waals surface area (Å²) >= 11 is 0. The van der Waals surface area contributed by atoms with Crippen LogP contribution < -0.4 is 0 Å². The quantitative estimate of drug-likeness (QED) is 0.514. The predicted octanol–water partition coefficient (Wildman–Crippen LogP) is 7.47. The number of hydrogen-bond acceptors (Lipinski definition) is 1. The average Bonchev–Trinajstić information content (AvgIpc) is 3.03. The molecule has 0 radical (unpaired) electrons. The Balaban J connectivity index is 1.54. The molecular weight excluding hydrogens is 340 g/mol. The first-order valence-corrected chi connectivity index (χ1v) is 12.4. The number of rotatable bonds is 5. The Kier molecular flexibility index (Phi) is 4.69. The lowest BCUT2D eigenvalue weighted by Crippen LogP contribution is -2.54. The molecule has 1 N–H and O–H groups in total. The van der Waals surface area contributed by atoms with Crippen molar-refractivity contribution in [3.63, 3.8) is 0 Å². The van der Waals surface area contributed by atoms with Crippen LogP contribution in [0.25, 0.3) is 0 Å². The molecule has 0 aromatic rings. The molecule has 0 bridgehead atoms. The number of aliphatic hydroxyl groups excluding tert-OH is 1. The van der Waals surface area contributed by atoms with E-state index in [9.17, 15) is 5.11 Å². The third-order valence-corrected chi connectivity index (χ3v) is 10.1. The zero-order valence-corrected chi connectivity index (χ0v) is 19.1. The van der Waals surface area contributed by atoms with Gasteiger partial charge in [-0.25, -0.2) is 0 Å². The summed E-state index contributed by atoms with van der Waals surface area (Å²) in [5, 5.41) is 10.6. The molecule has 0 spiro atoms. The van der Waals surface area contributed by atoms with E-state index in [1.165, 1.54) is 38.5 Å². The van der Waals surface area contributed by atoms with Crippen LogP contribution in [0.5, 0.6) is 0 Å². The molecule has 1 nitrogen and oxygen atoms in total. The van der Waals surface area contributed by atoms with Crippen LogP contribution in [0.3, 0.4) is 0 Å². The van der Waals surface area contributed by atoms with E-state index in [0.29, 0.717) is 29.6 Å². The minimum atomic E-state index is -1.85. The van der Waals surface area contributed by atoms with E-state index < -0.39 is 18.8 Å². The topological polar surface area (TPSA) is 20.2 Å². The van der Waals surface area contributed by atoms with Crippen molar-refractivity contribution < 1.29 is 10.6 Å². The highest BCUT2D eigenvalue weighted by molar-refractivity contribution is 5.09. The Morgan fingerprint density at radius 1 is 0.929 bits per heavy atom. The highest BCUT2D eigenvalue weighted by Gasteiger charge is 2.60. The van der Waals surface area contributed by atoms with Gasteiger partial charge in [0.1, 0.15) is 0 Å². The molecule has 4 saturated carbocycles. The second-order valence-electron chi connectivity index (χ2n) is 12.0. The molecule has 0 unspecified atom stereocenters. The minimum Gasteiger partial charge on any atom is -0.393 e. The summed E-state index contributed by atoms with van der Waals surface area (Å²) in [4.78, 5) is 0. The SMILES string of the molecule is [2H]C1([2H])C[C@]2(C)[C@H]3CC[C@]4(C)[C@@H]([C@@H](C)CCCC(C)C)CC[C@H]4[C@@H]3CC[C@H]2C([2H])([2H])[C@H]1O. The third-order valence-electron chi connectivity index (χ3n) is 10.1. The van der Waals surface area contributed by atoms with E-state index in [2.05, 4.69) is 34.6 Å². The van der Waals surface area contributed by atoms with E-state index in [0.717, 1.165) is 37.0 Å². The predicted molar refractivity (Wildman–Crippen MR) is 119 cm³/mol. The van der Waals surface area contributed by atoms with Crippen molar-refractivity contribution in [1.29, 1.82) is 0 Å². The van der Waals surface area contributed by atoms with Gasteiger partial charge >= 0.3 is 0 Å². The lowest BCUT2D eigenvalue weighted by atomic mass is 9.44. The minimum absolute atomic E-state index is 0.230. The van der Waals surface area contributed by atoms with Gasteiger partial charge in [0, 0.05) is 5.48 Å². The fourth-order valence-electron chi connectivity index (χ4n) is 8.57. The van der Waals surface area contributed by atoms with Crippen LogP contribution >= 0.6 is 0 Å². The van der Waals surface area contributed by atoms with Crippen LogP contribution in [0.4, 0.5) is 0 Å². The molecule has 0 aliphatic heterocycles. The standard InChI is InChI=1S/C27H48O/c1-18(2)7-6-8-19(3)23-11-12-24-22-10-9-20-17-21(28)13-15-26(20,4)25(22)14-16-27(23,24)5/h18-25,28H,6-17H2,1-5H3/t19-,20-,21-,22-,23+,24-,25-,26-,27+/m0/s1/i13D2,17D2. The molecule has 0 heterocycles. The van der Waals surface area contributed by atoms with Crippen LogP contribution in [0.2, 0.25) is 0 Å². The van der Waals surface area contributed by atoms with Crippen molar-refractivity contribution in [2.75, 3.05) is 0 Å². The first-order valence-electron chi connectivity index (χ1n) is 14.4. The monoisotopic (exact) mass is 392 g/mol. The fourth-order valence-corrected chi connectivity index (χ4v) is 8.57. The summed E-state index contributed by atoms with van der Waals surface area (Å²) in [6, 6.07) is 0. The Hall–Kier alpha value is -0.0400. The second kappa shape index (κ2) is 7.90. The third kappa shape index (κ3) is 3.50. The van der Waals surface area contributed by atoms with Gasteiger partial charge in [-0.15, -0.1) is 0 Å². The molecule has 0 saturated heterocycles. The van der Waals surface area contributed by atoms with Crippen LogP contribution in [0.1, 0.15) is 117 Å². The van der Waals surface area contributed by atoms with Gasteiger partial charge < -0.3 is 5.11 Å². The first-order chi connectivity index (χ1) is 14.7. The number of fused-ring (bicyclic) bond motifs is 5. The lowest BCUT2D eigenvalue weighted by molar-refractivity contribution is -0.129. The molecule has 4 aliphatic rings. The van der Waals surface area contributed by atoms with Crippen molar-refractivity contribution in [3.8, 4) is 0 Å². The van der Waals surface area contributed by atoms with Crippen molar-refractivity contribution in [2.45, 2.75) is 118 Å². The summed E-state index contributed by atoms with van der Waals surface area (Å²) in [7, 11) is 0. The number of hydrogen-bond donors (Lipinski definition) is 1. The summed E-state index contributed by atoms with van der Waals surface area (Å²) in [5.41, 5.74) is 0.0469. The molecule has 162 valence electrons. The Morgan fingerprint density at radius 2 is 1.68 bits per heavy atom. The molecule has 4 fully saturated rings. The summed E-state index contributed by atoms with van der Waals surface area (Å²) in [6.45, 7) is 11.9. The first kappa shape index (κ1) is 16.6. The van der Waals surface area contributed by atoms with Gasteiger partial charge in [-0.1, -0.05) is 53.9 Å². The van der Waals surface area contributed by atoms with E-state index in [1.807, 2.05) is 0 Å². The van der Waals surface area contributed by atoms with Crippen molar-refractivity contribution in [2.24, 2.45) is 52.3 Å². The van der Waals surface area contributed by atoms with Gasteiger partial charge in [-0.3, -0.25) is 0 Å². The molecule has 4 rings (SSSR count). The fraction of sp³-hybridized carbons (Fsp3) is 1.00. The van der Waals surface area contributed by atoms with Crippen LogP contribution in [0, 0.1) is 52.3 Å². The average molecular weight is 393 g/mol. The second-order valence-corrected chi connectivity index (χ2v) is 12.0. The van der Waals surface area contributed by atoms with E-state index in [4.69, 9.17) is 5.48 Å². The van der Waals surface area contributed by atoms with Gasteiger partial charge in [0.2, 0.25) is 0 Å². The summed E-state index contributed by atoms with van der Waals surface area (Å²) < 4.78 is 34.4. The molecule has 28 heavy (non-hydrogen) atoms. The molecule has 0 amide bonds. The van der Waals surface area contributed by atoms with Crippen LogP contribution in [-0.4, -0.2) is 11.2 Å². The maximum absolute atomic E-state index is 10.6. The van der Waals surface area contributed by atoms with Gasteiger partial charge in [-0.2, -0.15) is 0 Å².